The number of anilines is 1. The van der Waals surface area contributed by atoms with Crippen LogP contribution in [-0.4, -0.2) is 26.7 Å². The second-order valence-corrected chi connectivity index (χ2v) is 6.53. The average Bonchev–Trinajstić information content (AvgIpc) is 3.00. The van der Waals surface area contributed by atoms with Crippen LogP contribution in [0.3, 0.4) is 0 Å². The van der Waals surface area contributed by atoms with Crippen LogP contribution in [0.1, 0.15) is 37.9 Å². The van der Waals surface area contributed by atoms with E-state index in [1.54, 1.807) is 12.4 Å². The Labute approximate surface area is 142 Å². The first-order valence-electron chi connectivity index (χ1n) is 7.60. The van der Waals surface area contributed by atoms with E-state index in [0.29, 0.717) is 11.8 Å². The summed E-state index contributed by atoms with van der Waals surface area (Å²) in [4.78, 5) is 13.1. The van der Waals surface area contributed by atoms with Crippen molar-refractivity contribution in [2.45, 2.75) is 32.6 Å². The molecule has 3 rings (SSSR count). The number of pyridine rings is 2. The number of rotatable bonds is 6. The van der Waals surface area contributed by atoms with Gasteiger partial charge < -0.3 is 9.84 Å². The molecule has 1 N–H and O–H groups in total. The van der Waals surface area contributed by atoms with Crippen LogP contribution in [0, 0.1) is 0 Å². The molecule has 0 aliphatic heterocycles. The molecule has 3 aromatic heterocycles. The van der Waals surface area contributed by atoms with Crippen LogP contribution >= 0.6 is 15.9 Å². The molecule has 0 amide bonds. The van der Waals surface area contributed by atoms with Crippen molar-refractivity contribution in [3.05, 3.63) is 40.7 Å². The van der Waals surface area contributed by atoms with Crippen molar-refractivity contribution in [3.63, 3.8) is 0 Å². The van der Waals surface area contributed by atoms with E-state index in [2.05, 4.69) is 55.2 Å². The summed E-state index contributed by atoms with van der Waals surface area (Å²) in [5, 5.41) is 7.37. The SMILES string of the molecule is CC(C)c1noc(CCCNc2ccnc3cc(Br)cnc23)n1. The molecule has 0 saturated heterocycles. The fourth-order valence-electron chi connectivity index (χ4n) is 2.21. The fourth-order valence-corrected chi connectivity index (χ4v) is 2.53. The first-order chi connectivity index (χ1) is 11.1. The molecule has 7 heteroatoms. The highest BCUT2D eigenvalue weighted by Gasteiger charge is 2.09. The molecular formula is C16H18BrN5O. The Balaban J connectivity index is 1.58. The summed E-state index contributed by atoms with van der Waals surface area (Å²) in [7, 11) is 0. The molecule has 0 saturated carbocycles. The summed E-state index contributed by atoms with van der Waals surface area (Å²) in [6.45, 7) is 4.91. The van der Waals surface area contributed by atoms with Gasteiger partial charge in [0.15, 0.2) is 5.82 Å². The number of hydrogen-bond acceptors (Lipinski definition) is 6. The van der Waals surface area contributed by atoms with E-state index in [4.69, 9.17) is 4.52 Å². The van der Waals surface area contributed by atoms with Crippen molar-refractivity contribution < 1.29 is 4.52 Å². The van der Waals surface area contributed by atoms with Crippen LogP contribution in [-0.2, 0) is 6.42 Å². The predicted octanol–water partition coefficient (Wildman–Crippen LogP) is 3.94. The van der Waals surface area contributed by atoms with E-state index in [1.165, 1.54) is 0 Å². The van der Waals surface area contributed by atoms with Gasteiger partial charge >= 0.3 is 0 Å². The largest absolute Gasteiger partial charge is 0.383 e. The highest BCUT2D eigenvalue weighted by Crippen LogP contribution is 2.22. The van der Waals surface area contributed by atoms with E-state index in [-0.39, 0.29) is 0 Å². The zero-order chi connectivity index (χ0) is 16.2. The lowest BCUT2D eigenvalue weighted by Gasteiger charge is -2.08. The normalized spacial score (nSPS) is 11.3. The molecule has 0 aliphatic rings. The Bertz CT molecular complexity index is 802. The van der Waals surface area contributed by atoms with Crippen LogP contribution in [0.15, 0.2) is 33.5 Å². The van der Waals surface area contributed by atoms with E-state index in [1.807, 2.05) is 12.1 Å². The molecule has 0 fully saturated rings. The summed E-state index contributed by atoms with van der Waals surface area (Å²) in [6, 6.07) is 3.90. The van der Waals surface area contributed by atoms with Crippen molar-refractivity contribution in [2.75, 3.05) is 11.9 Å². The third kappa shape index (κ3) is 3.85. The maximum atomic E-state index is 5.25. The van der Waals surface area contributed by atoms with Crippen LogP contribution in [0.5, 0.6) is 0 Å². The molecule has 3 heterocycles. The van der Waals surface area contributed by atoms with Gasteiger partial charge in [0.25, 0.3) is 0 Å². The third-order valence-electron chi connectivity index (χ3n) is 3.43. The topological polar surface area (TPSA) is 76.7 Å². The first kappa shape index (κ1) is 15.9. The Hall–Kier alpha value is -2.02. The average molecular weight is 376 g/mol. The third-order valence-corrected chi connectivity index (χ3v) is 3.86. The van der Waals surface area contributed by atoms with Crippen molar-refractivity contribution in [2.24, 2.45) is 0 Å². The Morgan fingerprint density at radius 1 is 1.30 bits per heavy atom. The molecule has 6 nitrogen and oxygen atoms in total. The number of nitrogens with zero attached hydrogens (tertiary/aromatic N) is 4. The fraction of sp³-hybridized carbons (Fsp3) is 0.375. The monoisotopic (exact) mass is 375 g/mol. The zero-order valence-electron chi connectivity index (χ0n) is 13.1. The van der Waals surface area contributed by atoms with Gasteiger partial charge in [-0.15, -0.1) is 0 Å². The number of nitrogens with one attached hydrogen (secondary N) is 1. The summed E-state index contributed by atoms with van der Waals surface area (Å²) in [5.41, 5.74) is 2.72. The van der Waals surface area contributed by atoms with Crippen molar-refractivity contribution >= 4 is 32.7 Å². The van der Waals surface area contributed by atoms with E-state index >= 15 is 0 Å². The highest BCUT2D eigenvalue weighted by molar-refractivity contribution is 9.10. The number of hydrogen-bond donors (Lipinski definition) is 1. The van der Waals surface area contributed by atoms with Crippen molar-refractivity contribution in [3.8, 4) is 0 Å². The summed E-state index contributed by atoms with van der Waals surface area (Å²) >= 11 is 3.41. The molecule has 0 atom stereocenters. The second kappa shape index (κ2) is 7.04. The quantitative estimate of drug-likeness (QED) is 0.657. The van der Waals surface area contributed by atoms with Crippen LogP contribution in [0.25, 0.3) is 11.0 Å². The van der Waals surface area contributed by atoms with E-state index in [9.17, 15) is 0 Å². The lowest BCUT2D eigenvalue weighted by molar-refractivity contribution is 0.369. The van der Waals surface area contributed by atoms with Gasteiger partial charge in [-0.1, -0.05) is 19.0 Å². The van der Waals surface area contributed by atoms with Gasteiger partial charge in [0.2, 0.25) is 5.89 Å². The highest BCUT2D eigenvalue weighted by atomic mass is 79.9. The van der Waals surface area contributed by atoms with E-state index < -0.39 is 0 Å². The molecule has 3 aromatic rings. The summed E-state index contributed by atoms with van der Waals surface area (Å²) < 4.78 is 6.17. The number of aryl methyl sites for hydroxylation is 1. The van der Waals surface area contributed by atoms with E-state index in [0.717, 1.165) is 46.4 Å². The number of fused-ring (bicyclic) bond motifs is 1. The molecular weight excluding hydrogens is 358 g/mol. The standard InChI is InChI=1S/C16H18BrN5O/c1-10(2)16-21-14(23-22-16)4-3-6-18-12-5-7-19-13-8-11(17)9-20-15(12)13/h5,7-10H,3-4,6H2,1-2H3,(H,18,19). The lowest BCUT2D eigenvalue weighted by atomic mass is 10.2. The summed E-state index contributed by atoms with van der Waals surface area (Å²) in [5.74, 6) is 1.75. The van der Waals surface area contributed by atoms with Crippen LogP contribution in [0.4, 0.5) is 5.69 Å². The van der Waals surface area contributed by atoms with Gasteiger partial charge in [0.05, 0.1) is 11.2 Å². The zero-order valence-corrected chi connectivity index (χ0v) is 14.7. The number of aromatic nitrogens is 4. The molecule has 0 bridgehead atoms. The Kier molecular flexibility index (Phi) is 4.85. The van der Waals surface area contributed by atoms with Gasteiger partial charge in [-0.2, -0.15) is 4.98 Å². The maximum absolute atomic E-state index is 5.25. The van der Waals surface area contributed by atoms with Gasteiger partial charge in [0, 0.05) is 35.7 Å². The lowest BCUT2D eigenvalue weighted by Crippen LogP contribution is -2.04. The van der Waals surface area contributed by atoms with Gasteiger partial charge in [-0.25, -0.2) is 0 Å². The second-order valence-electron chi connectivity index (χ2n) is 5.61. The molecule has 120 valence electrons. The van der Waals surface area contributed by atoms with Gasteiger partial charge in [-0.3, -0.25) is 9.97 Å². The smallest absolute Gasteiger partial charge is 0.226 e. The van der Waals surface area contributed by atoms with Gasteiger partial charge in [-0.05, 0) is 34.5 Å². The summed E-state index contributed by atoms with van der Waals surface area (Å²) in [6.07, 6.45) is 5.22. The first-order valence-corrected chi connectivity index (χ1v) is 8.39. The Morgan fingerprint density at radius 3 is 2.96 bits per heavy atom. The predicted molar refractivity (Wildman–Crippen MR) is 92.4 cm³/mol. The molecule has 0 aliphatic carbocycles. The number of halogens is 1. The van der Waals surface area contributed by atoms with Crippen molar-refractivity contribution in [1.29, 1.82) is 0 Å². The minimum Gasteiger partial charge on any atom is -0.383 e. The van der Waals surface area contributed by atoms with Crippen LogP contribution < -0.4 is 5.32 Å². The molecule has 0 radical (unpaired) electrons. The van der Waals surface area contributed by atoms with Crippen molar-refractivity contribution in [1.82, 2.24) is 20.1 Å². The maximum Gasteiger partial charge on any atom is 0.226 e. The minimum absolute atomic E-state index is 0.291. The molecule has 0 aromatic carbocycles. The van der Waals surface area contributed by atoms with Crippen LogP contribution in [0.2, 0.25) is 0 Å². The Morgan fingerprint density at radius 2 is 2.17 bits per heavy atom. The molecule has 0 unspecified atom stereocenters. The van der Waals surface area contributed by atoms with Gasteiger partial charge in [0.1, 0.15) is 5.52 Å². The molecule has 23 heavy (non-hydrogen) atoms. The minimum atomic E-state index is 0.291. The molecule has 0 spiro atoms.